The fraction of sp³-hybridized carbons (Fsp3) is 0.318. The molecule has 0 radical (unpaired) electrons. The molecule has 0 aliphatic rings. The number of hydrogen-bond acceptors (Lipinski definition) is 5. The molecule has 0 aliphatic heterocycles. The van der Waals surface area contributed by atoms with Crippen molar-refractivity contribution in [3.8, 4) is 0 Å². The molecule has 3 amide bonds. The number of amides is 3. The van der Waals surface area contributed by atoms with Gasteiger partial charge in [-0.2, -0.15) is 13.2 Å². The number of ether oxygens (including phenoxy) is 2. The number of nitrogens with one attached hydrogen (secondary N) is 3. The third-order valence-electron chi connectivity index (χ3n) is 3.86. The second-order valence-corrected chi connectivity index (χ2v) is 7.85. The maximum Gasteiger partial charge on any atom is 0.416 e. The SMILES string of the molecule is CC(C)(C)OC(=O)Nc1ccc(C(F)(F)F)cc1NC(=O)CNC(=O)OCc1ccccc1. The molecule has 0 atom stereocenters. The number of benzene rings is 2. The van der Waals surface area contributed by atoms with Crippen molar-refractivity contribution in [2.45, 2.75) is 39.2 Å². The van der Waals surface area contributed by atoms with Gasteiger partial charge in [-0.05, 0) is 44.5 Å². The van der Waals surface area contributed by atoms with Crippen molar-refractivity contribution in [3.05, 3.63) is 59.7 Å². The van der Waals surface area contributed by atoms with Crippen LogP contribution in [0.4, 0.5) is 34.1 Å². The minimum atomic E-state index is -4.68. The van der Waals surface area contributed by atoms with Crippen molar-refractivity contribution in [2.75, 3.05) is 17.2 Å². The lowest BCUT2D eigenvalue weighted by Gasteiger charge is -2.21. The number of halogens is 3. The Kier molecular flexibility index (Phi) is 8.27. The number of anilines is 2. The van der Waals surface area contributed by atoms with Crippen molar-refractivity contribution in [3.63, 3.8) is 0 Å². The van der Waals surface area contributed by atoms with Gasteiger partial charge in [0.25, 0.3) is 0 Å². The van der Waals surface area contributed by atoms with Gasteiger partial charge in [-0.1, -0.05) is 30.3 Å². The Hall–Kier alpha value is -3.76. The minimum Gasteiger partial charge on any atom is -0.445 e. The summed E-state index contributed by atoms with van der Waals surface area (Å²) in [5.41, 5.74) is -1.58. The molecule has 0 aromatic heterocycles. The van der Waals surface area contributed by atoms with Crippen LogP contribution < -0.4 is 16.0 Å². The zero-order valence-corrected chi connectivity index (χ0v) is 18.2. The molecule has 8 nitrogen and oxygen atoms in total. The molecule has 11 heteroatoms. The summed E-state index contributed by atoms with van der Waals surface area (Å²) in [5.74, 6) is -0.835. The van der Waals surface area contributed by atoms with Crippen LogP contribution in [0.5, 0.6) is 0 Å². The van der Waals surface area contributed by atoms with Gasteiger partial charge in [-0.25, -0.2) is 9.59 Å². The van der Waals surface area contributed by atoms with E-state index >= 15 is 0 Å². The lowest BCUT2D eigenvalue weighted by atomic mass is 10.1. The summed E-state index contributed by atoms with van der Waals surface area (Å²) in [7, 11) is 0. The molecule has 0 saturated heterocycles. The van der Waals surface area contributed by atoms with Crippen molar-refractivity contribution in [1.29, 1.82) is 0 Å². The van der Waals surface area contributed by atoms with E-state index in [4.69, 9.17) is 9.47 Å². The predicted octanol–water partition coefficient (Wildman–Crippen LogP) is 4.92. The standard InChI is InChI=1S/C22H24F3N3O5/c1-21(2,3)33-20(31)28-16-10-9-15(22(23,24)25)11-17(16)27-18(29)12-26-19(30)32-13-14-7-5-4-6-8-14/h4-11H,12-13H2,1-3H3,(H,26,30)(H,27,29)(H,28,31). The summed E-state index contributed by atoms with van der Waals surface area (Å²) in [6.07, 6.45) is -6.48. The first-order valence-corrected chi connectivity index (χ1v) is 9.79. The van der Waals surface area contributed by atoms with Gasteiger partial charge in [-0.15, -0.1) is 0 Å². The van der Waals surface area contributed by atoms with Crippen LogP contribution in [0.1, 0.15) is 31.9 Å². The van der Waals surface area contributed by atoms with E-state index in [2.05, 4.69) is 16.0 Å². The number of rotatable bonds is 6. The first-order chi connectivity index (χ1) is 15.3. The van der Waals surface area contributed by atoms with Crippen molar-refractivity contribution in [2.24, 2.45) is 0 Å². The van der Waals surface area contributed by atoms with Gasteiger partial charge in [0.2, 0.25) is 5.91 Å². The number of alkyl halides is 3. The van der Waals surface area contributed by atoms with Crippen LogP contribution >= 0.6 is 0 Å². The van der Waals surface area contributed by atoms with E-state index in [-0.39, 0.29) is 18.0 Å². The maximum atomic E-state index is 13.1. The van der Waals surface area contributed by atoms with Crippen LogP contribution in [0.15, 0.2) is 48.5 Å². The average molecular weight is 467 g/mol. The Balaban J connectivity index is 2.02. The fourth-order valence-electron chi connectivity index (χ4n) is 2.47. The van der Waals surface area contributed by atoms with Crippen molar-refractivity contribution >= 4 is 29.5 Å². The summed E-state index contributed by atoms with van der Waals surface area (Å²) < 4.78 is 49.4. The molecule has 2 rings (SSSR count). The zero-order chi connectivity index (χ0) is 24.6. The minimum absolute atomic E-state index is 0.0219. The summed E-state index contributed by atoms with van der Waals surface area (Å²) >= 11 is 0. The van der Waals surface area contributed by atoms with Crippen LogP contribution in [0.3, 0.4) is 0 Å². The molecular formula is C22H24F3N3O5. The van der Waals surface area contributed by atoms with Crippen LogP contribution in [-0.4, -0.2) is 30.2 Å². The number of carbonyl (C=O) groups is 3. The third kappa shape index (κ3) is 9.09. The molecule has 2 aromatic carbocycles. The number of hydrogen-bond donors (Lipinski definition) is 3. The molecule has 3 N–H and O–H groups in total. The van der Waals surface area contributed by atoms with Gasteiger partial charge in [0, 0.05) is 0 Å². The van der Waals surface area contributed by atoms with Crippen molar-refractivity contribution < 1.29 is 37.0 Å². The van der Waals surface area contributed by atoms with Gasteiger partial charge >= 0.3 is 18.4 Å². The number of alkyl carbamates (subject to hydrolysis) is 1. The van der Waals surface area contributed by atoms with Gasteiger partial charge in [0.15, 0.2) is 0 Å². The van der Waals surface area contributed by atoms with Crippen LogP contribution in [-0.2, 0) is 27.1 Å². The van der Waals surface area contributed by atoms with Crippen LogP contribution in [0, 0.1) is 0 Å². The maximum absolute atomic E-state index is 13.1. The third-order valence-corrected chi connectivity index (χ3v) is 3.86. The summed E-state index contributed by atoms with van der Waals surface area (Å²) in [6.45, 7) is 4.25. The van der Waals surface area contributed by atoms with E-state index in [0.29, 0.717) is 6.07 Å². The first-order valence-electron chi connectivity index (χ1n) is 9.79. The molecule has 0 heterocycles. The highest BCUT2D eigenvalue weighted by Gasteiger charge is 2.31. The van der Waals surface area contributed by atoms with E-state index in [0.717, 1.165) is 17.7 Å². The second-order valence-electron chi connectivity index (χ2n) is 7.85. The van der Waals surface area contributed by atoms with Gasteiger partial charge in [-0.3, -0.25) is 10.1 Å². The molecule has 0 fully saturated rings. The normalized spacial score (nSPS) is 11.3. The Bertz CT molecular complexity index is 989. The topological polar surface area (TPSA) is 106 Å². The van der Waals surface area contributed by atoms with E-state index in [1.165, 1.54) is 0 Å². The highest BCUT2D eigenvalue weighted by Crippen LogP contribution is 2.34. The van der Waals surface area contributed by atoms with Crippen LogP contribution in [0.2, 0.25) is 0 Å². The Morgan fingerprint density at radius 3 is 2.15 bits per heavy atom. The number of carbonyl (C=O) groups excluding carboxylic acids is 3. The van der Waals surface area contributed by atoms with E-state index in [1.54, 1.807) is 51.1 Å². The molecule has 2 aromatic rings. The van der Waals surface area contributed by atoms with Gasteiger partial charge in [0.05, 0.1) is 16.9 Å². The molecule has 0 aliphatic carbocycles. The van der Waals surface area contributed by atoms with Gasteiger partial charge in [0.1, 0.15) is 18.8 Å². The van der Waals surface area contributed by atoms with Gasteiger partial charge < -0.3 is 20.1 Å². The summed E-state index contributed by atoms with van der Waals surface area (Å²) in [4.78, 5) is 36.0. The molecular weight excluding hydrogens is 443 g/mol. The molecule has 33 heavy (non-hydrogen) atoms. The Morgan fingerprint density at radius 2 is 1.55 bits per heavy atom. The monoisotopic (exact) mass is 467 g/mol. The Labute approximate surface area is 188 Å². The highest BCUT2D eigenvalue weighted by molar-refractivity contribution is 5.99. The zero-order valence-electron chi connectivity index (χ0n) is 18.2. The fourth-order valence-corrected chi connectivity index (χ4v) is 2.47. The first kappa shape index (κ1) is 25.5. The highest BCUT2D eigenvalue weighted by atomic mass is 19.4. The largest absolute Gasteiger partial charge is 0.445 e. The van der Waals surface area contributed by atoms with E-state index in [1.807, 2.05) is 0 Å². The quantitative estimate of drug-likeness (QED) is 0.559. The summed E-state index contributed by atoms with van der Waals surface area (Å²) in [6, 6.07) is 11.2. The van der Waals surface area contributed by atoms with Crippen LogP contribution in [0.25, 0.3) is 0 Å². The predicted molar refractivity (Wildman–Crippen MR) is 115 cm³/mol. The second kappa shape index (κ2) is 10.7. The molecule has 0 saturated carbocycles. The molecule has 0 unspecified atom stereocenters. The lowest BCUT2D eigenvalue weighted by molar-refractivity contribution is -0.137. The lowest BCUT2D eigenvalue weighted by Crippen LogP contribution is -2.33. The smallest absolute Gasteiger partial charge is 0.416 e. The average Bonchev–Trinajstić information content (AvgIpc) is 2.70. The van der Waals surface area contributed by atoms with E-state index < -0.39 is 42.0 Å². The summed E-state index contributed by atoms with van der Waals surface area (Å²) in [5, 5.41) is 6.74. The van der Waals surface area contributed by atoms with E-state index in [9.17, 15) is 27.6 Å². The Morgan fingerprint density at radius 1 is 0.879 bits per heavy atom. The van der Waals surface area contributed by atoms with Crippen molar-refractivity contribution in [1.82, 2.24) is 5.32 Å². The molecule has 0 bridgehead atoms. The molecule has 0 spiro atoms. The molecule has 178 valence electrons.